The molecule has 1 aliphatic rings. The summed E-state index contributed by atoms with van der Waals surface area (Å²) in [5, 5.41) is 5.03. The van der Waals surface area contributed by atoms with Gasteiger partial charge in [-0.2, -0.15) is 0 Å². The fourth-order valence-electron chi connectivity index (χ4n) is 2.87. The summed E-state index contributed by atoms with van der Waals surface area (Å²) in [6.07, 6.45) is 3.23. The number of hydrogen-bond donors (Lipinski definition) is 1. The van der Waals surface area contributed by atoms with Gasteiger partial charge in [0.1, 0.15) is 12.0 Å². The Bertz CT molecular complexity index is 802. The highest BCUT2D eigenvalue weighted by atomic mass is 32.1. The second-order valence-electron chi connectivity index (χ2n) is 5.20. The van der Waals surface area contributed by atoms with Crippen LogP contribution in [0.2, 0.25) is 0 Å². The van der Waals surface area contributed by atoms with Crippen LogP contribution >= 0.6 is 11.3 Å². The van der Waals surface area contributed by atoms with Crippen molar-refractivity contribution in [1.82, 2.24) is 15.3 Å². The number of carbonyl (C=O) groups is 1. The monoisotopic (exact) mass is 295 g/mol. The molecular formula is C16H13N3OS. The van der Waals surface area contributed by atoms with Gasteiger partial charge in [-0.3, -0.25) is 4.79 Å². The predicted octanol–water partition coefficient (Wildman–Crippen LogP) is 2.59. The van der Waals surface area contributed by atoms with Gasteiger partial charge < -0.3 is 5.32 Å². The molecule has 0 radical (unpaired) electrons. The minimum absolute atomic E-state index is 0.109. The van der Waals surface area contributed by atoms with E-state index in [4.69, 9.17) is 0 Å². The number of carbonyl (C=O) groups excluding carboxylic acids is 1. The normalized spacial score (nSPS) is 14.3. The summed E-state index contributed by atoms with van der Waals surface area (Å²) >= 11 is 1.50. The second-order valence-corrected chi connectivity index (χ2v) is 6.12. The van der Waals surface area contributed by atoms with Crippen LogP contribution in [0.4, 0.5) is 0 Å². The van der Waals surface area contributed by atoms with Crippen molar-refractivity contribution < 1.29 is 4.79 Å². The van der Waals surface area contributed by atoms with E-state index in [2.05, 4.69) is 27.4 Å². The van der Waals surface area contributed by atoms with Crippen LogP contribution in [0.3, 0.4) is 0 Å². The van der Waals surface area contributed by atoms with Gasteiger partial charge in [0.2, 0.25) is 0 Å². The third-order valence-electron chi connectivity index (χ3n) is 3.84. The Morgan fingerprint density at radius 2 is 1.90 bits per heavy atom. The molecule has 1 aliphatic carbocycles. The zero-order chi connectivity index (χ0) is 14.2. The van der Waals surface area contributed by atoms with Crippen molar-refractivity contribution in [3.63, 3.8) is 0 Å². The summed E-state index contributed by atoms with van der Waals surface area (Å²) in [7, 11) is 0. The Labute approximate surface area is 125 Å². The molecule has 1 amide bonds. The molecule has 3 aromatic rings. The Morgan fingerprint density at radius 3 is 2.67 bits per heavy atom. The smallest absolute Gasteiger partial charge is 0.271 e. The quantitative estimate of drug-likeness (QED) is 0.790. The lowest BCUT2D eigenvalue weighted by Crippen LogP contribution is -2.35. The average Bonchev–Trinajstić information content (AvgIpc) is 3.12. The lowest BCUT2D eigenvalue weighted by Gasteiger charge is -2.11. The van der Waals surface area contributed by atoms with Crippen LogP contribution in [0.15, 0.2) is 42.0 Å². The SMILES string of the molecule is O=C(NC1Cc2ccccc2C1)c1ncnc2ccsc12. The highest BCUT2D eigenvalue weighted by Gasteiger charge is 2.24. The predicted molar refractivity (Wildman–Crippen MR) is 82.5 cm³/mol. The van der Waals surface area contributed by atoms with Crippen molar-refractivity contribution in [2.45, 2.75) is 18.9 Å². The number of nitrogens with one attached hydrogen (secondary N) is 1. The van der Waals surface area contributed by atoms with E-state index < -0.39 is 0 Å². The third kappa shape index (κ3) is 2.19. The van der Waals surface area contributed by atoms with E-state index in [1.165, 1.54) is 28.8 Å². The van der Waals surface area contributed by atoms with E-state index in [9.17, 15) is 4.79 Å². The number of aromatic nitrogens is 2. The lowest BCUT2D eigenvalue weighted by atomic mass is 10.1. The maximum atomic E-state index is 12.5. The Morgan fingerprint density at radius 1 is 1.14 bits per heavy atom. The summed E-state index contributed by atoms with van der Waals surface area (Å²) in [5.74, 6) is -0.109. The molecule has 21 heavy (non-hydrogen) atoms. The molecule has 0 aliphatic heterocycles. The Hall–Kier alpha value is -2.27. The van der Waals surface area contributed by atoms with Crippen molar-refractivity contribution in [2.24, 2.45) is 0 Å². The van der Waals surface area contributed by atoms with Crippen LogP contribution in [0, 0.1) is 0 Å². The molecule has 1 N–H and O–H groups in total. The topological polar surface area (TPSA) is 54.9 Å². The molecule has 4 rings (SSSR count). The van der Waals surface area contributed by atoms with Crippen molar-refractivity contribution in [1.29, 1.82) is 0 Å². The Balaban J connectivity index is 1.56. The zero-order valence-corrected chi connectivity index (χ0v) is 12.1. The molecule has 0 saturated heterocycles. The number of benzene rings is 1. The summed E-state index contributed by atoms with van der Waals surface area (Å²) in [6, 6.07) is 10.4. The second kappa shape index (κ2) is 4.93. The molecule has 0 spiro atoms. The van der Waals surface area contributed by atoms with E-state index in [0.717, 1.165) is 23.1 Å². The van der Waals surface area contributed by atoms with Crippen molar-refractivity contribution in [3.8, 4) is 0 Å². The first-order chi connectivity index (χ1) is 10.3. The summed E-state index contributed by atoms with van der Waals surface area (Å²) in [6.45, 7) is 0. The number of rotatable bonds is 2. The molecule has 1 aromatic carbocycles. The summed E-state index contributed by atoms with van der Waals surface area (Å²) in [4.78, 5) is 20.8. The number of thiophene rings is 1. The maximum absolute atomic E-state index is 12.5. The molecule has 0 bridgehead atoms. The molecule has 5 heteroatoms. The van der Waals surface area contributed by atoms with Crippen molar-refractivity contribution in [3.05, 3.63) is 58.9 Å². The molecule has 0 unspecified atom stereocenters. The van der Waals surface area contributed by atoms with Gasteiger partial charge in [0.05, 0.1) is 10.2 Å². The van der Waals surface area contributed by atoms with Gasteiger partial charge in [-0.15, -0.1) is 11.3 Å². The van der Waals surface area contributed by atoms with Gasteiger partial charge in [0.15, 0.2) is 0 Å². The van der Waals surface area contributed by atoms with Gasteiger partial charge in [-0.1, -0.05) is 24.3 Å². The minimum atomic E-state index is -0.109. The first-order valence-corrected chi connectivity index (χ1v) is 7.75. The minimum Gasteiger partial charge on any atom is -0.347 e. The van der Waals surface area contributed by atoms with Crippen molar-refractivity contribution in [2.75, 3.05) is 0 Å². The van der Waals surface area contributed by atoms with Crippen LogP contribution < -0.4 is 5.32 Å². The zero-order valence-electron chi connectivity index (χ0n) is 11.2. The standard InChI is InChI=1S/C16H13N3OS/c20-16(14-15-13(5-6-21-15)17-9-18-14)19-12-7-10-3-1-2-4-11(10)8-12/h1-6,9,12H,7-8H2,(H,19,20). The molecule has 2 aromatic heterocycles. The molecule has 0 saturated carbocycles. The average molecular weight is 295 g/mol. The fraction of sp³-hybridized carbons (Fsp3) is 0.188. The lowest BCUT2D eigenvalue weighted by molar-refractivity contribution is 0.0935. The first kappa shape index (κ1) is 12.5. The van der Waals surface area contributed by atoms with Crippen LogP contribution in [0.5, 0.6) is 0 Å². The van der Waals surface area contributed by atoms with Crippen LogP contribution in [-0.2, 0) is 12.8 Å². The first-order valence-electron chi connectivity index (χ1n) is 6.87. The largest absolute Gasteiger partial charge is 0.347 e. The molecule has 4 nitrogen and oxygen atoms in total. The van der Waals surface area contributed by atoms with Gasteiger partial charge in [-0.25, -0.2) is 9.97 Å². The molecule has 0 fully saturated rings. The van der Waals surface area contributed by atoms with E-state index in [1.54, 1.807) is 0 Å². The number of nitrogens with zero attached hydrogens (tertiary/aromatic N) is 2. The van der Waals surface area contributed by atoms with E-state index in [1.807, 2.05) is 23.6 Å². The highest BCUT2D eigenvalue weighted by molar-refractivity contribution is 7.17. The number of hydrogen-bond acceptors (Lipinski definition) is 4. The molecule has 2 heterocycles. The van der Waals surface area contributed by atoms with E-state index >= 15 is 0 Å². The van der Waals surface area contributed by atoms with Crippen LogP contribution in [0.1, 0.15) is 21.6 Å². The molecule has 104 valence electrons. The maximum Gasteiger partial charge on any atom is 0.271 e. The van der Waals surface area contributed by atoms with Gasteiger partial charge in [0, 0.05) is 6.04 Å². The molecular weight excluding hydrogens is 282 g/mol. The Kier molecular flexibility index (Phi) is 2.93. The van der Waals surface area contributed by atoms with Crippen LogP contribution in [-0.4, -0.2) is 21.9 Å². The summed E-state index contributed by atoms with van der Waals surface area (Å²) < 4.78 is 0.852. The van der Waals surface area contributed by atoms with Gasteiger partial charge >= 0.3 is 0 Å². The van der Waals surface area contributed by atoms with Gasteiger partial charge in [-0.05, 0) is 35.4 Å². The van der Waals surface area contributed by atoms with E-state index in [-0.39, 0.29) is 11.9 Å². The fourth-order valence-corrected chi connectivity index (χ4v) is 3.70. The van der Waals surface area contributed by atoms with Crippen LogP contribution in [0.25, 0.3) is 10.2 Å². The number of amides is 1. The van der Waals surface area contributed by atoms with E-state index in [0.29, 0.717) is 5.69 Å². The third-order valence-corrected chi connectivity index (χ3v) is 4.75. The number of fused-ring (bicyclic) bond motifs is 2. The van der Waals surface area contributed by atoms with Crippen molar-refractivity contribution >= 4 is 27.5 Å². The highest BCUT2D eigenvalue weighted by Crippen LogP contribution is 2.24. The molecule has 0 atom stereocenters. The summed E-state index contributed by atoms with van der Waals surface area (Å²) in [5.41, 5.74) is 3.96. The van der Waals surface area contributed by atoms with Gasteiger partial charge in [0.25, 0.3) is 5.91 Å².